The van der Waals surface area contributed by atoms with Crippen LogP contribution in [0.25, 0.3) is 0 Å². The molecule has 0 aliphatic heterocycles. The highest BCUT2D eigenvalue weighted by Gasteiger charge is 2.26. The Morgan fingerprint density at radius 1 is 1.32 bits per heavy atom. The fourth-order valence-corrected chi connectivity index (χ4v) is 2.66. The number of hydrogen-bond acceptors (Lipinski definition) is 2. The van der Waals surface area contributed by atoms with Crippen molar-refractivity contribution in [1.29, 1.82) is 0 Å². The van der Waals surface area contributed by atoms with Gasteiger partial charge in [-0.3, -0.25) is 0 Å². The van der Waals surface area contributed by atoms with E-state index in [1.807, 2.05) is 25.2 Å². The Kier molecular flexibility index (Phi) is 7.05. The Bertz CT molecular complexity index is 528. The van der Waals surface area contributed by atoms with Crippen molar-refractivity contribution in [2.45, 2.75) is 53.6 Å². The molecule has 0 saturated heterocycles. The summed E-state index contributed by atoms with van der Waals surface area (Å²) < 4.78 is 0. The summed E-state index contributed by atoms with van der Waals surface area (Å²) in [5, 5.41) is 18.3. The molecule has 0 aromatic heterocycles. The van der Waals surface area contributed by atoms with Gasteiger partial charge in [0.05, 0.1) is 12.7 Å². The van der Waals surface area contributed by atoms with Crippen molar-refractivity contribution in [2.24, 2.45) is 5.41 Å². The van der Waals surface area contributed by atoms with Gasteiger partial charge in [0, 0.05) is 0 Å². The van der Waals surface area contributed by atoms with Crippen LogP contribution in [0.4, 0.5) is 0 Å². The second-order valence-corrected chi connectivity index (χ2v) is 6.77. The van der Waals surface area contributed by atoms with Crippen LogP contribution in [0.15, 0.2) is 58.7 Å². The average Bonchev–Trinajstić information content (AvgIpc) is 2.45. The molecule has 1 aliphatic rings. The molecular weight excluding hydrogens is 272 g/mol. The summed E-state index contributed by atoms with van der Waals surface area (Å²) in [5.41, 5.74) is 4.95. The maximum absolute atomic E-state index is 9.47. The van der Waals surface area contributed by atoms with Crippen LogP contribution in [0.2, 0.25) is 0 Å². The molecule has 0 unspecified atom stereocenters. The molecule has 0 bridgehead atoms. The van der Waals surface area contributed by atoms with E-state index in [1.165, 1.54) is 17.6 Å². The summed E-state index contributed by atoms with van der Waals surface area (Å²) in [6, 6.07) is 0. The van der Waals surface area contributed by atoms with E-state index in [2.05, 4.69) is 45.9 Å². The quantitative estimate of drug-likeness (QED) is 0.735. The van der Waals surface area contributed by atoms with Gasteiger partial charge >= 0.3 is 0 Å². The third-order valence-corrected chi connectivity index (χ3v) is 4.30. The van der Waals surface area contributed by atoms with E-state index >= 15 is 0 Å². The molecule has 0 aromatic carbocycles. The van der Waals surface area contributed by atoms with Crippen molar-refractivity contribution < 1.29 is 10.2 Å². The maximum Gasteiger partial charge on any atom is 0.0981 e. The van der Waals surface area contributed by atoms with Crippen LogP contribution in [-0.2, 0) is 0 Å². The first kappa shape index (κ1) is 18.7. The minimum absolute atomic E-state index is 0.237. The van der Waals surface area contributed by atoms with Gasteiger partial charge in [-0.05, 0) is 50.2 Å². The highest BCUT2D eigenvalue weighted by Crippen LogP contribution is 2.40. The summed E-state index contributed by atoms with van der Waals surface area (Å²) in [6.07, 6.45) is 14.0. The van der Waals surface area contributed by atoms with Crippen molar-refractivity contribution in [1.82, 2.24) is 0 Å². The van der Waals surface area contributed by atoms with Crippen LogP contribution in [-0.4, -0.2) is 22.9 Å². The molecule has 122 valence electrons. The predicted octanol–water partition coefficient (Wildman–Crippen LogP) is 4.48. The lowest BCUT2D eigenvalue weighted by Gasteiger charge is -2.32. The molecule has 22 heavy (non-hydrogen) atoms. The minimum atomic E-state index is -0.771. The number of aliphatic hydroxyl groups is 2. The van der Waals surface area contributed by atoms with Gasteiger partial charge in [-0.15, -0.1) is 0 Å². The molecule has 0 heterocycles. The Labute approximate surface area is 135 Å². The second-order valence-electron chi connectivity index (χ2n) is 6.77. The van der Waals surface area contributed by atoms with E-state index in [0.717, 1.165) is 17.6 Å². The maximum atomic E-state index is 9.47. The summed E-state index contributed by atoms with van der Waals surface area (Å²) >= 11 is 0. The molecule has 0 aromatic rings. The van der Waals surface area contributed by atoms with Crippen LogP contribution >= 0.6 is 0 Å². The van der Waals surface area contributed by atoms with E-state index < -0.39 is 6.10 Å². The van der Waals surface area contributed by atoms with Gasteiger partial charge in [0.15, 0.2) is 0 Å². The number of hydrogen-bond donors (Lipinski definition) is 2. The molecule has 1 rings (SSSR count). The molecule has 1 aliphatic carbocycles. The van der Waals surface area contributed by atoms with Crippen molar-refractivity contribution in [3.63, 3.8) is 0 Å². The molecule has 0 spiro atoms. The SMILES string of the molecule is CC1=CCCC(C)(C)/C1=C/C=C(C)/C=C/C=C(\C)[C@@H](O)CO. The first-order valence-corrected chi connectivity index (χ1v) is 7.98. The zero-order valence-electron chi connectivity index (χ0n) is 14.6. The minimum Gasteiger partial charge on any atom is -0.393 e. The fraction of sp³-hybridized carbons (Fsp3) is 0.500. The van der Waals surface area contributed by atoms with Crippen molar-refractivity contribution >= 4 is 0 Å². The Morgan fingerprint density at radius 2 is 2.00 bits per heavy atom. The largest absolute Gasteiger partial charge is 0.393 e. The number of allylic oxidation sites excluding steroid dienone is 9. The monoisotopic (exact) mass is 302 g/mol. The lowest BCUT2D eigenvalue weighted by Crippen LogP contribution is -2.18. The topological polar surface area (TPSA) is 40.5 Å². The molecule has 2 heteroatoms. The van der Waals surface area contributed by atoms with Crippen molar-refractivity contribution in [2.75, 3.05) is 6.61 Å². The first-order chi connectivity index (χ1) is 10.3. The summed E-state index contributed by atoms with van der Waals surface area (Å²) in [7, 11) is 0. The van der Waals surface area contributed by atoms with Gasteiger partial charge < -0.3 is 10.2 Å². The van der Waals surface area contributed by atoms with Crippen LogP contribution < -0.4 is 0 Å². The standard InChI is InChI=1S/C20H30O2/c1-15(8-6-9-17(3)19(22)14-21)11-12-18-16(2)10-7-13-20(18,4)5/h6,8-12,19,21-22H,7,13-14H2,1-5H3/b8-6+,15-11+,17-9+,18-12+/t19-/m0/s1. The Balaban J connectivity index is 2.83. The van der Waals surface area contributed by atoms with E-state index in [4.69, 9.17) is 5.11 Å². The van der Waals surface area contributed by atoms with Crippen LogP contribution in [0.5, 0.6) is 0 Å². The zero-order valence-corrected chi connectivity index (χ0v) is 14.6. The summed E-state index contributed by atoms with van der Waals surface area (Å²) in [5.74, 6) is 0. The lowest BCUT2D eigenvalue weighted by molar-refractivity contribution is 0.122. The number of rotatable bonds is 5. The van der Waals surface area contributed by atoms with Gasteiger partial charge in [0.25, 0.3) is 0 Å². The van der Waals surface area contributed by atoms with Crippen molar-refractivity contribution in [3.8, 4) is 0 Å². The normalized spacial score (nSPS) is 23.0. The van der Waals surface area contributed by atoms with E-state index in [0.29, 0.717) is 0 Å². The zero-order chi connectivity index (χ0) is 16.8. The first-order valence-electron chi connectivity index (χ1n) is 7.98. The third kappa shape index (κ3) is 5.43. The second kappa shape index (κ2) is 8.30. The highest BCUT2D eigenvalue weighted by atomic mass is 16.3. The fourth-order valence-electron chi connectivity index (χ4n) is 2.66. The van der Waals surface area contributed by atoms with Gasteiger partial charge in [0.1, 0.15) is 0 Å². The number of aliphatic hydroxyl groups excluding tert-OH is 2. The van der Waals surface area contributed by atoms with E-state index in [-0.39, 0.29) is 12.0 Å². The molecule has 0 radical (unpaired) electrons. The average molecular weight is 302 g/mol. The Morgan fingerprint density at radius 3 is 2.59 bits per heavy atom. The molecule has 2 N–H and O–H groups in total. The van der Waals surface area contributed by atoms with Crippen molar-refractivity contribution in [3.05, 3.63) is 58.7 Å². The van der Waals surface area contributed by atoms with Gasteiger partial charge in [-0.2, -0.15) is 0 Å². The Hall–Kier alpha value is -1.38. The third-order valence-electron chi connectivity index (χ3n) is 4.30. The summed E-state index contributed by atoms with van der Waals surface area (Å²) in [4.78, 5) is 0. The highest BCUT2D eigenvalue weighted by molar-refractivity contribution is 5.40. The van der Waals surface area contributed by atoms with Crippen LogP contribution in [0.1, 0.15) is 47.5 Å². The van der Waals surface area contributed by atoms with E-state index in [9.17, 15) is 5.11 Å². The predicted molar refractivity (Wildman–Crippen MR) is 94.6 cm³/mol. The summed E-state index contributed by atoms with van der Waals surface area (Å²) in [6.45, 7) is 10.4. The lowest BCUT2D eigenvalue weighted by atomic mass is 9.73. The smallest absolute Gasteiger partial charge is 0.0981 e. The molecule has 1 atom stereocenters. The van der Waals surface area contributed by atoms with Gasteiger partial charge in [-0.1, -0.05) is 61.4 Å². The van der Waals surface area contributed by atoms with Gasteiger partial charge in [0.2, 0.25) is 0 Å². The van der Waals surface area contributed by atoms with Crippen LogP contribution in [0.3, 0.4) is 0 Å². The van der Waals surface area contributed by atoms with Gasteiger partial charge in [-0.25, -0.2) is 0 Å². The molecule has 0 fully saturated rings. The molecule has 2 nitrogen and oxygen atoms in total. The van der Waals surface area contributed by atoms with Crippen LogP contribution in [0, 0.1) is 5.41 Å². The molecule has 0 saturated carbocycles. The molecule has 0 amide bonds. The van der Waals surface area contributed by atoms with E-state index in [1.54, 1.807) is 0 Å². The molecular formula is C20H30O2.